The van der Waals surface area contributed by atoms with E-state index in [4.69, 9.17) is 4.74 Å². The van der Waals surface area contributed by atoms with Gasteiger partial charge in [-0.2, -0.15) is 0 Å². The summed E-state index contributed by atoms with van der Waals surface area (Å²) in [5.41, 5.74) is 2.08. The number of hydrogen-bond acceptors (Lipinski definition) is 7. The minimum atomic E-state index is -3.45. The van der Waals surface area contributed by atoms with E-state index < -0.39 is 10.0 Å². The van der Waals surface area contributed by atoms with Crippen molar-refractivity contribution in [2.45, 2.75) is 0 Å². The maximum absolute atomic E-state index is 12.7. The van der Waals surface area contributed by atoms with Crippen molar-refractivity contribution < 1.29 is 22.7 Å². The zero-order valence-corrected chi connectivity index (χ0v) is 18.5. The molecule has 1 saturated heterocycles. The van der Waals surface area contributed by atoms with Gasteiger partial charge in [0.25, 0.3) is 15.9 Å². The lowest BCUT2D eigenvalue weighted by Crippen LogP contribution is -2.39. The van der Waals surface area contributed by atoms with Gasteiger partial charge in [-0.25, -0.2) is 8.42 Å². The number of likely N-dealkylation sites (N-methyl/N-ethyl adjacent to an activating group) is 1. The third kappa shape index (κ3) is 5.17. The highest BCUT2D eigenvalue weighted by Gasteiger charge is 2.26. The van der Waals surface area contributed by atoms with E-state index in [2.05, 4.69) is 14.6 Å². The molecule has 3 aliphatic heterocycles. The van der Waals surface area contributed by atoms with E-state index in [1.807, 2.05) is 24.3 Å². The summed E-state index contributed by atoms with van der Waals surface area (Å²) in [4.78, 5) is 30.3. The number of carbonyl (C=O) groups is 2. The molecule has 3 aliphatic rings. The Morgan fingerprint density at radius 1 is 1.12 bits per heavy atom. The third-order valence-electron chi connectivity index (χ3n) is 5.33. The van der Waals surface area contributed by atoms with Crippen molar-refractivity contribution in [1.29, 1.82) is 0 Å². The van der Waals surface area contributed by atoms with E-state index in [1.54, 1.807) is 18.1 Å². The quantitative estimate of drug-likeness (QED) is 0.679. The largest absolute Gasteiger partial charge is 0.378 e. The number of nitrogens with zero attached hydrogens (tertiary/aromatic N) is 4. The molecule has 0 bridgehead atoms. The van der Waals surface area contributed by atoms with Crippen LogP contribution in [-0.4, -0.2) is 88.1 Å². The van der Waals surface area contributed by atoms with Crippen LogP contribution in [0.5, 0.6) is 0 Å². The lowest BCUT2D eigenvalue weighted by Gasteiger charge is -2.29. The Balaban J connectivity index is 1.32. The molecule has 0 aromatic heterocycles. The molecule has 0 saturated carbocycles. The van der Waals surface area contributed by atoms with Crippen LogP contribution in [0.15, 0.2) is 52.6 Å². The van der Waals surface area contributed by atoms with Gasteiger partial charge in [0.2, 0.25) is 5.91 Å². The molecule has 0 radical (unpaired) electrons. The number of morpholine rings is 1. The first-order valence-corrected chi connectivity index (χ1v) is 11.9. The summed E-state index contributed by atoms with van der Waals surface area (Å²) in [6.45, 7) is 3.19. The number of rotatable bonds is 5. The fourth-order valence-electron chi connectivity index (χ4n) is 3.61. The molecule has 2 amide bonds. The Bertz CT molecular complexity index is 1090. The van der Waals surface area contributed by atoms with E-state index in [0.29, 0.717) is 24.5 Å². The van der Waals surface area contributed by atoms with E-state index >= 15 is 0 Å². The monoisotopic (exact) mass is 459 g/mol. The van der Waals surface area contributed by atoms with Crippen LogP contribution in [0.25, 0.3) is 0 Å². The van der Waals surface area contributed by atoms with E-state index in [-0.39, 0.29) is 36.5 Å². The molecule has 1 aromatic carbocycles. The molecule has 32 heavy (non-hydrogen) atoms. The molecule has 1 N–H and O–H groups in total. The van der Waals surface area contributed by atoms with Crippen molar-refractivity contribution in [2.24, 2.45) is 4.40 Å². The SMILES string of the molecule is CN(CC(=O)Nc1ccc(N2CCOCC2)cc1)C(=O)C1=CN2CCS(=O)(=O)N=C2C=C1. The number of sulfonamides is 1. The fraction of sp³-hybridized carbons (Fsp3) is 0.381. The molecular weight excluding hydrogens is 434 g/mol. The first-order valence-electron chi connectivity index (χ1n) is 10.3. The number of amides is 2. The predicted octanol–water partition coefficient (Wildman–Crippen LogP) is 0.418. The van der Waals surface area contributed by atoms with Crippen molar-refractivity contribution >= 4 is 39.0 Å². The number of benzene rings is 1. The molecular formula is C21H25N5O5S. The molecule has 11 heteroatoms. The van der Waals surface area contributed by atoms with Gasteiger partial charge in [0.15, 0.2) is 0 Å². The van der Waals surface area contributed by atoms with Crippen LogP contribution in [0.3, 0.4) is 0 Å². The minimum absolute atomic E-state index is 0.106. The number of anilines is 2. The molecule has 1 fully saturated rings. The zero-order chi connectivity index (χ0) is 22.7. The lowest BCUT2D eigenvalue weighted by molar-refractivity contribution is -0.129. The summed E-state index contributed by atoms with van der Waals surface area (Å²) >= 11 is 0. The number of hydrogen-bond donors (Lipinski definition) is 1. The van der Waals surface area contributed by atoms with Gasteiger partial charge >= 0.3 is 0 Å². The van der Waals surface area contributed by atoms with E-state index in [9.17, 15) is 18.0 Å². The molecule has 0 spiro atoms. The Hall–Kier alpha value is -3.18. The van der Waals surface area contributed by atoms with Gasteiger partial charge in [-0.1, -0.05) is 0 Å². The van der Waals surface area contributed by atoms with Gasteiger partial charge in [0.05, 0.1) is 31.1 Å². The van der Waals surface area contributed by atoms with E-state index in [1.165, 1.54) is 17.1 Å². The Kier molecular flexibility index (Phi) is 6.28. The molecule has 4 rings (SSSR count). The van der Waals surface area contributed by atoms with Gasteiger partial charge in [-0.3, -0.25) is 9.59 Å². The van der Waals surface area contributed by atoms with Crippen LogP contribution >= 0.6 is 0 Å². The molecule has 170 valence electrons. The Morgan fingerprint density at radius 2 is 1.84 bits per heavy atom. The average Bonchev–Trinajstić information content (AvgIpc) is 2.78. The summed E-state index contributed by atoms with van der Waals surface area (Å²) in [5, 5.41) is 2.81. The Labute approximate surface area is 186 Å². The summed E-state index contributed by atoms with van der Waals surface area (Å²) in [6, 6.07) is 7.57. The van der Waals surface area contributed by atoms with Crippen molar-refractivity contribution in [1.82, 2.24) is 9.80 Å². The topological polar surface area (TPSA) is 112 Å². The molecule has 3 heterocycles. The summed E-state index contributed by atoms with van der Waals surface area (Å²) in [5.74, 6) is -0.475. The van der Waals surface area contributed by atoms with Gasteiger partial charge in [0.1, 0.15) is 5.84 Å². The highest BCUT2D eigenvalue weighted by atomic mass is 32.2. The fourth-order valence-corrected chi connectivity index (χ4v) is 4.58. The van der Waals surface area contributed by atoms with Gasteiger partial charge in [-0.15, -0.1) is 4.40 Å². The van der Waals surface area contributed by atoms with Crippen molar-refractivity contribution in [3.8, 4) is 0 Å². The molecule has 10 nitrogen and oxygen atoms in total. The number of ether oxygens (including phenoxy) is 1. The van der Waals surface area contributed by atoms with Crippen LogP contribution in [0.2, 0.25) is 0 Å². The first-order chi connectivity index (χ1) is 15.3. The summed E-state index contributed by atoms with van der Waals surface area (Å²) < 4.78 is 32.3. The van der Waals surface area contributed by atoms with E-state index in [0.717, 1.165) is 18.8 Å². The Morgan fingerprint density at radius 3 is 2.56 bits per heavy atom. The highest BCUT2D eigenvalue weighted by molar-refractivity contribution is 7.90. The maximum atomic E-state index is 12.7. The van der Waals surface area contributed by atoms with Crippen LogP contribution in [0.4, 0.5) is 11.4 Å². The molecule has 0 atom stereocenters. The first kappa shape index (κ1) is 22.0. The van der Waals surface area contributed by atoms with Crippen LogP contribution < -0.4 is 10.2 Å². The summed E-state index contributed by atoms with van der Waals surface area (Å²) in [6.07, 6.45) is 4.57. The number of fused-ring (bicyclic) bond motifs is 1. The second-order valence-electron chi connectivity index (χ2n) is 7.70. The number of carbonyl (C=O) groups excluding carboxylic acids is 2. The van der Waals surface area contributed by atoms with Crippen LogP contribution in [0, 0.1) is 0 Å². The normalized spacial score (nSPS) is 19.5. The highest BCUT2D eigenvalue weighted by Crippen LogP contribution is 2.20. The second-order valence-corrected chi connectivity index (χ2v) is 9.46. The maximum Gasteiger partial charge on any atom is 0.256 e. The number of amidine groups is 1. The van der Waals surface area contributed by atoms with Gasteiger partial charge < -0.3 is 24.8 Å². The minimum Gasteiger partial charge on any atom is -0.378 e. The third-order valence-corrected chi connectivity index (χ3v) is 6.49. The van der Waals surface area contributed by atoms with Crippen molar-refractivity contribution in [3.05, 3.63) is 48.2 Å². The van der Waals surface area contributed by atoms with Crippen molar-refractivity contribution in [3.63, 3.8) is 0 Å². The zero-order valence-electron chi connectivity index (χ0n) is 17.7. The smallest absolute Gasteiger partial charge is 0.256 e. The summed E-state index contributed by atoms with van der Waals surface area (Å²) in [7, 11) is -1.91. The van der Waals surface area contributed by atoms with Gasteiger partial charge in [-0.05, 0) is 36.4 Å². The molecule has 0 unspecified atom stereocenters. The number of nitrogens with one attached hydrogen (secondary N) is 1. The predicted molar refractivity (Wildman–Crippen MR) is 121 cm³/mol. The van der Waals surface area contributed by atoms with Crippen LogP contribution in [0.1, 0.15) is 0 Å². The van der Waals surface area contributed by atoms with Gasteiger partial charge in [0, 0.05) is 44.3 Å². The lowest BCUT2D eigenvalue weighted by atomic mass is 10.1. The molecule has 0 aliphatic carbocycles. The standard InChI is InChI=1S/C21H25N5O5S/c1-24(21(28)16-2-7-19-23-32(29,30)13-10-26(19)14-16)15-20(27)22-17-3-5-18(6-4-17)25-8-11-31-12-9-25/h2-7,14H,8-13,15H2,1H3,(H,22,27). The van der Waals surface area contributed by atoms with Crippen LogP contribution in [-0.2, 0) is 24.3 Å². The second kappa shape index (κ2) is 9.13. The van der Waals surface area contributed by atoms with Crippen molar-refractivity contribution in [2.75, 3.05) is 62.4 Å². The average molecular weight is 460 g/mol. The molecule has 1 aromatic rings.